The predicted octanol–water partition coefficient (Wildman–Crippen LogP) is 4.65. The number of amides is 1. The Hall–Kier alpha value is -2.98. The maximum Gasteiger partial charge on any atom is 0.253 e. The summed E-state index contributed by atoms with van der Waals surface area (Å²) in [7, 11) is 0. The molecule has 0 saturated carbocycles. The summed E-state index contributed by atoms with van der Waals surface area (Å²) < 4.78 is 7.07. The first-order valence-electron chi connectivity index (χ1n) is 11.1. The minimum atomic E-state index is -0.197. The van der Waals surface area contributed by atoms with Crippen LogP contribution in [-0.2, 0) is 24.1 Å². The van der Waals surface area contributed by atoms with Crippen molar-refractivity contribution >= 4 is 45.6 Å². The number of fused-ring (bicyclic) bond motifs is 2. The summed E-state index contributed by atoms with van der Waals surface area (Å²) in [6.07, 6.45) is 6.30. The number of nitrogens with zero attached hydrogens (tertiary/aromatic N) is 4. The monoisotopic (exact) mass is 495 g/mol. The lowest BCUT2D eigenvalue weighted by atomic mass is 9.87. The van der Waals surface area contributed by atoms with Crippen LogP contribution < -0.4 is 5.32 Å². The zero-order chi connectivity index (χ0) is 24.0. The van der Waals surface area contributed by atoms with Crippen LogP contribution in [0.1, 0.15) is 56.9 Å². The van der Waals surface area contributed by atoms with Gasteiger partial charge in [0.2, 0.25) is 16.8 Å². The first-order valence-corrected chi connectivity index (χ1v) is 13.2. The molecule has 0 saturated heterocycles. The number of carbonyl (C=O) groups excluding carboxylic acids is 2. The molecule has 0 radical (unpaired) electrons. The van der Waals surface area contributed by atoms with Gasteiger partial charge in [-0.05, 0) is 63.0 Å². The first kappa shape index (κ1) is 22.8. The van der Waals surface area contributed by atoms with Crippen molar-refractivity contribution in [2.45, 2.75) is 51.6 Å². The molecule has 1 unspecified atom stereocenters. The third-order valence-corrected chi connectivity index (χ3v) is 7.99. The molecule has 0 bridgehead atoms. The maximum atomic E-state index is 13.3. The Morgan fingerprint density at radius 2 is 2.15 bits per heavy atom. The summed E-state index contributed by atoms with van der Waals surface area (Å²) in [5.74, 6) is 0.979. The molecule has 5 rings (SSSR count). The zero-order valence-corrected chi connectivity index (χ0v) is 21.1. The van der Waals surface area contributed by atoms with E-state index in [1.807, 2.05) is 20.1 Å². The number of ketones is 1. The molecule has 4 aromatic heterocycles. The van der Waals surface area contributed by atoms with E-state index in [9.17, 15) is 9.59 Å². The molecule has 1 atom stereocenters. The van der Waals surface area contributed by atoms with Crippen LogP contribution in [0, 0.1) is 19.8 Å². The Kier molecular flexibility index (Phi) is 6.03. The van der Waals surface area contributed by atoms with E-state index in [2.05, 4.69) is 27.3 Å². The van der Waals surface area contributed by atoms with Crippen LogP contribution in [0.3, 0.4) is 0 Å². The molecule has 1 N–H and O–H groups in total. The molecule has 4 aromatic rings. The topological polar surface area (TPSA) is 102 Å². The first-order chi connectivity index (χ1) is 16.4. The highest BCUT2D eigenvalue weighted by atomic mass is 32.2. The van der Waals surface area contributed by atoms with Gasteiger partial charge in [-0.2, -0.15) is 4.98 Å². The Morgan fingerprint density at radius 1 is 1.32 bits per heavy atom. The number of hydrogen-bond donors (Lipinski definition) is 1. The van der Waals surface area contributed by atoms with Gasteiger partial charge in [0, 0.05) is 21.8 Å². The summed E-state index contributed by atoms with van der Waals surface area (Å²) in [6, 6.07) is 3.37. The van der Waals surface area contributed by atoms with Gasteiger partial charge in [0.15, 0.2) is 5.76 Å². The smallest absolute Gasteiger partial charge is 0.253 e. The summed E-state index contributed by atoms with van der Waals surface area (Å²) >= 11 is 2.95. The van der Waals surface area contributed by atoms with E-state index in [0.717, 1.165) is 41.8 Å². The van der Waals surface area contributed by atoms with Crippen molar-refractivity contribution in [1.82, 2.24) is 19.6 Å². The minimum Gasteiger partial charge on any atom is -0.461 e. The molecular weight excluding hydrogens is 470 g/mol. The largest absolute Gasteiger partial charge is 0.461 e. The summed E-state index contributed by atoms with van der Waals surface area (Å²) in [5, 5.41) is 8.73. The van der Waals surface area contributed by atoms with Crippen LogP contribution >= 0.6 is 23.1 Å². The number of aryl methyl sites for hydroxylation is 2. The van der Waals surface area contributed by atoms with Gasteiger partial charge >= 0.3 is 0 Å². The Balaban J connectivity index is 1.47. The number of furan rings is 1. The van der Waals surface area contributed by atoms with Crippen molar-refractivity contribution in [3.8, 4) is 0 Å². The SMILES string of the molecule is CSc1nc2nc(C)c(CC(=O)Nc3sc4c(c3C(=O)c3ccco3)CCC(C)C4)c(C)n2n1. The number of nitrogens with one attached hydrogen (secondary N) is 1. The molecule has 8 nitrogen and oxygen atoms in total. The lowest BCUT2D eigenvalue weighted by Crippen LogP contribution is -2.19. The van der Waals surface area contributed by atoms with E-state index >= 15 is 0 Å². The highest BCUT2D eigenvalue weighted by Crippen LogP contribution is 2.41. The van der Waals surface area contributed by atoms with E-state index in [4.69, 9.17) is 4.42 Å². The number of anilines is 1. The molecule has 176 valence electrons. The highest BCUT2D eigenvalue weighted by molar-refractivity contribution is 7.98. The molecule has 1 amide bonds. The van der Waals surface area contributed by atoms with Crippen LogP contribution in [0.25, 0.3) is 5.78 Å². The fraction of sp³-hybridized carbons (Fsp3) is 0.375. The highest BCUT2D eigenvalue weighted by Gasteiger charge is 2.30. The summed E-state index contributed by atoms with van der Waals surface area (Å²) in [6.45, 7) is 6.01. The second-order valence-corrected chi connectivity index (χ2v) is 10.5. The van der Waals surface area contributed by atoms with Gasteiger partial charge in [0.25, 0.3) is 5.78 Å². The van der Waals surface area contributed by atoms with Gasteiger partial charge in [0.05, 0.1) is 18.2 Å². The van der Waals surface area contributed by atoms with E-state index < -0.39 is 0 Å². The molecule has 10 heteroatoms. The average molecular weight is 496 g/mol. The molecule has 0 fully saturated rings. The zero-order valence-electron chi connectivity index (χ0n) is 19.5. The predicted molar refractivity (Wildman–Crippen MR) is 132 cm³/mol. The van der Waals surface area contributed by atoms with E-state index in [1.54, 1.807) is 16.6 Å². The van der Waals surface area contributed by atoms with Gasteiger partial charge in [0.1, 0.15) is 5.00 Å². The number of aromatic nitrogens is 4. The maximum absolute atomic E-state index is 13.3. The number of rotatable bonds is 6. The fourth-order valence-corrected chi connectivity index (χ4v) is 6.23. The van der Waals surface area contributed by atoms with Crippen molar-refractivity contribution in [1.29, 1.82) is 0 Å². The molecule has 0 aliphatic heterocycles. The Bertz CT molecular complexity index is 1400. The van der Waals surface area contributed by atoms with Gasteiger partial charge < -0.3 is 9.73 Å². The van der Waals surface area contributed by atoms with Crippen molar-refractivity contribution in [2.75, 3.05) is 11.6 Å². The van der Waals surface area contributed by atoms with Crippen LogP contribution in [-0.4, -0.2) is 37.5 Å². The standard InChI is InChI=1S/C24H25N5O3S2/c1-12-7-8-15-18(10-12)34-22(20(15)21(31)17-6-5-9-32-17)26-19(30)11-16-13(2)25-23-27-24(33-4)28-29(23)14(16)3/h5-6,9,12H,7-8,10-11H2,1-4H3,(H,26,30). The molecule has 0 aromatic carbocycles. The van der Waals surface area contributed by atoms with Crippen LogP contribution in [0.4, 0.5) is 5.00 Å². The van der Waals surface area contributed by atoms with E-state index in [0.29, 0.717) is 27.4 Å². The quantitative estimate of drug-likeness (QED) is 0.307. The van der Waals surface area contributed by atoms with E-state index in [1.165, 1.54) is 34.2 Å². The number of thioether (sulfide) groups is 1. The van der Waals surface area contributed by atoms with E-state index in [-0.39, 0.29) is 23.9 Å². The van der Waals surface area contributed by atoms with Crippen molar-refractivity contribution in [3.05, 3.63) is 57.1 Å². The number of hydrogen-bond acceptors (Lipinski definition) is 8. The normalized spacial score (nSPS) is 15.5. The third kappa shape index (κ3) is 4.05. The fourth-order valence-electron chi connectivity index (χ4n) is 4.47. The lowest BCUT2D eigenvalue weighted by molar-refractivity contribution is -0.115. The molecule has 1 aliphatic carbocycles. The van der Waals surface area contributed by atoms with Crippen LogP contribution in [0.2, 0.25) is 0 Å². The third-order valence-electron chi connectivity index (χ3n) is 6.29. The van der Waals surface area contributed by atoms with Crippen LogP contribution in [0.5, 0.6) is 0 Å². The van der Waals surface area contributed by atoms with Crippen molar-refractivity contribution in [3.63, 3.8) is 0 Å². The van der Waals surface area contributed by atoms with Gasteiger partial charge in [-0.15, -0.1) is 16.4 Å². The van der Waals surface area contributed by atoms with Crippen LogP contribution in [0.15, 0.2) is 28.0 Å². The number of thiophene rings is 1. The number of carbonyl (C=O) groups is 2. The minimum absolute atomic E-state index is 0.127. The summed E-state index contributed by atoms with van der Waals surface area (Å²) in [5.41, 5.74) is 3.99. The van der Waals surface area contributed by atoms with Gasteiger partial charge in [-0.1, -0.05) is 18.7 Å². The molecule has 4 heterocycles. The van der Waals surface area contributed by atoms with Crippen molar-refractivity contribution < 1.29 is 14.0 Å². The summed E-state index contributed by atoms with van der Waals surface area (Å²) in [4.78, 5) is 36.6. The second kappa shape index (κ2) is 8.99. The molecule has 34 heavy (non-hydrogen) atoms. The second-order valence-electron chi connectivity index (χ2n) is 8.66. The average Bonchev–Trinajstić information content (AvgIpc) is 3.54. The molecule has 1 aliphatic rings. The lowest BCUT2D eigenvalue weighted by Gasteiger charge is -2.18. The Labute approximate surface area is 205 Å². The van der Waals surface area contributed by atoms with Gasteiger partial charge in [-0.3, -0.25) is 9.59 Å². The van der Waals surface area contributed by atoms with Crippen molar-refractivity contribution in [2.24, 2.45) is 5.92 Å². The molecule has 0 spiro atoms. The Morgan fingerprint density at radius 3 is 2.88 bits per heavy atom. The van der Waals surface area contributed by atoms with Gasteiger partial charge in [-0.25, -0.2) is 9.50 Å². The molecular formula is C24H25N5O3S2.